The van der Waals surface area contributed by atoms with Crippen LogP contribution in [0.5, 0.6) is 11.5 Å². The molecule has 0 amide bonds. The van der Waals surface area contributed by atoms with Crippen molar-refractivity contribution < 1.29 is 29.6 Å². The number of phenols is 1. The average molecular weight is 587 g/mol. The van der Waals surface area contributed by atoms with Crippen LogP contribution >= 0.6 is 0 Å². The number of ether oxygens (including phenoxy) is 1. The maximum absolute atomic E-state index is 10.4. The largest absolute Gasteiger partial charge is 2.00 e. The van der Waals surface area contributed by atoms with Gasteiger partial charge in [0.2, 0.25) is 0 Å². The third-order valence-corrected chi connectivity index (χ3v) is 8.40. The molecule has 0 aliphatic carbocycles. The van der Waals surface area contributed by atoms with Crippen LogP contribution in [0.15, 0.2) is 0 Å². The zero-order valence-electron chi connectivity index (χ0n) is 26.6. The number of hydrogen-bond donors (Lipinski definition) is 1. The van der Waals surface area contributed by atoms with E-state index in [1.165, 1.54) is 56.9 Å². The number of hydrogen-bond acceptors (Lipinski definition) is 6. The number of aliphatic carboxylic acids is 2. The Labute approximate surface area is 273 Å². The van der Waals surface area contributed by atoms with E-state index in [9.17, 15) is 24.9 Å². The van der Waals surface area contributed by atoms with Gasteiger partial charge in [0.25, 0.3) is 0 Å². The summed E-state index contributed by atoms with van der Waals surface area (Å²) in [6.07, 6.45) is 13.1. The topological polar surface area (TPSA) is 110 Å². The molecule has 0 fully saturated rings. The van der Waals surface area contributed by atoms with Crippen molar-refractivity contribution in [2.45, 2.75) is 144 Å². The van der Waals surface area contributed by atoms with Gasteiger partial charge in [-0.1, -0.05) is 72.6 Å². The molecule has 0 saturated heterocycles. The van der Waals surface area contributed by atoms with Gasteiger partial charge in [-0.05, 0) is 101 Å². The zero-order chi connectivity index (χ0) is 29.8. The van der Waals surface area contributed by atoms with E-state index in [-0.39, 0.29) is 43.3 Å². The first-order valence-corrected chi connectivity index (χ1v) is 15.1. The molecule has 2 unspecified atom stereocenters. The number of aromatic hydroxyl groups is 1. The standard InChI is InChI=1S/C29H50O2.C4H6O4.Ca/c1-20(2)12-9-13-21(3)14-10-15-22(4)16-11-18-29(8)19-17-26-25(7)27(30)23(5)24(6)28(26)31-29;5-3(6)1-2-4(7)8;/h20-22,30H,9-19H2,1-8H3;1-2H2,(H,5,6)(H,7,8);/q;;+2/p-2/t21?,22?,29-;;/m1../s1. The molecule has 0 radical (unpaired) electrons. The SMILES string of the molecule is Cc1c(C)c2c(c(C)c1O)CC[C@@](C)(CCCC(C)CCCC(C)CCCC(C)C)O2.O=C([O-])CCC(=O)[O-].[Ca+2]. The molecule has 1 aromatic carbocycles. The Morgan fingerprint density at radius 3 is 1.77 bits per heavy atom. The average Bonchev–Trinajstić information content (AvgIpc) is 2.85. The van der Waals surface area contributed by atoms with Gasteiger partial charge in [-0.25, -0.2) is 0 Å². The number of carbonyl (C=O) groups excluding carboxylic acids is 2. The third kappa shape index (κ3) is 14.3. The van der Waals surface area contributed by atoms with E-state index in [0.717, 1.165) is 59.5 Å². The van der Waals surface area contributed by atoms with Gasteiger partial charge in [-0.15, -0.1) is 0 Å². The van der Waals surface area contributed by atoms with E-state index in [2.05, 4.69) is 41.5 Å². The normalized spacial score (nSPS) is 17.5. The number of phenolic OH excluding ortho intramolecular Hbond substituents is 1. The second-order valence-electron chi connectivity index (χ2n) is 12.7. The Morgan fingerprint density at radius 1 is 0.825 bits per heavy atom. The summed E-state index contributed by atoms with van der Waals surface area (Å²) in [5.74, 6) is 1.30. The monoisotopic (exact) mass is 586 g/mol. The molecule has 1 aliphatic heterocycles. The summed E-state index contributed by atoms with van der Waals surface area (Å²) in [5, 5.41) is 29.4. The Balaban J connectivity index is 0.00000147. The van der Waals surface area contributed by atoms with E-state index in [0.29, 0.717) is 5.75 Å². The zero-order valence-corrected chi connectivity index (χ0v) is 28.8. The van der Waals surface area contributed by atoms with Gasteiger partial charge >= 0.3 is 37.7 Å². The van der Waals surface area contributed by atoms with Crippen molar-refractivity contribution in [1.82, 2.24) is 0 Å². The van der Waals surface area contributed by atoms with Gasteiger partial charge in [-0.3, -0.25) is 0 Å². The van der Waals surface area contributed by atoms with Crippen molar-refractivity contribution in [3.05, 3.63) is 22.3 Å². The summed E-state index contributed by atoms with van der Waals surface area (Å²) in [6.45, 7) is 17.9. The Hall–Kier alpha value is -0.980. The first-order chi connectivity index (χ1) is 18.2. The van der Waals surface area contributed by atoms with Gasteiger partial charge < -0.3 is 29.6 Å². The van der Waals surface area contributed by atoms with Crippen LogP contribution in [0.1, 0.15) is 134 Å². The fourth-order valence-electron chi connectivity index (χ4n) is 5.48. The second-order valence-corrected chi connectivity index (χ2v) is 12.7. The van der Waals surface area contributed by atoms with E-state index >= 15 is 0 Å². The van der Waals surface area contributed by atoms with Crippen LogP contribution < -0.4 is 14.9 Å². The smallest absolute Gasteiger partial charge is 0.550 e. The van der Waals surface area contributed by atoms with E-state index in [4.69, 9.17) is 4.74 Å². The summed E-state index contributed by atoms with van der Waals surface area (Å²) in [4.78, 5) is 19.0. The molecule has 0 bridgehead atoms. The molecular formula is C33H54CaO6. The number of rotatable bonds is 15. The van der Waals surface area contributed by atoms with Gasteiger partial charge in [0.15, 0.2) is 0 Å². The van der Waals surface area contributed by atoms with E-state index < -0.39 is 24.8 Å². The van der Waals surface area contributed by atoms with Crippen molar-refractivity contribution in [2.75, 3.05) is 0 Å². The molecule has 2 rings (SSSR count). The molecule has 1 N–H and O–H groups in total. The molecule has 1 heterocycles. The summed E-state index contributed by atoms with van der Waals surface area (Å²) >= 11 is 0. The van der Waals surface area contributed by atoms with Crippen molar-refractivity contribution in [1.29, 1.82) is 0 Å². The molecule has 6 nitrogen and oxygen atoms in total. The van der Waals surface area contributed by atoms with Crippen molar-refractivity contribution in [2.24, 2.45) is 17.8 Å². The summed E-state index contributed by atoms with van der Waals surface area (Å²) in [5.41, 5.74) is 4.23. The van der Waals surface area contributed by atoms with Gasteiger partial charge in [0.05, 0.1) is 0 Å². The molecule has 0 aromatic heterocycles. The second kappa shape index (κ2) is 19.3. The molecule has 40 heavy (non-hydrogen) atoms. The minimum Gasteiger partial charge on any atom is -0.550 e. The molecule has 3 atom stereocenters. The molecule has 0 saturated carbocycles. The molecule has 224 valence electrons. The molecule has 1 aromatic rings. The number of carboxylic acid groups (broad SMARTS) is 2. The Bertz CT molecular complexity index is 914. The molecular weight excluding hydrogens is 532 g/mol. The van der Waals surface area contributed by atoms with Crippen LogP contribution in [0, 0.1) is 38.5 Å². The Kier molecular flexibility index (Phi) is 18.8. The summed E-state index contributed by atoms with van der Waals surface area (Å²) in [6, 6.07) is 0. The number of carboxylic acids is 2. The van der Waals surface area contributed by atoms with Crippen LogP contribution in [0.25, 0.3) is 0 Å². The minimum absolute atomic E-state index is 0. The van der Waals surface area contributed by atoms with Crippen molar-refractivity contribution in [3.63, 3.8) is 0 Å². The minimum atomic E-state index is -1.37. The van der Waals surface area contributed by atoms with Crippen molar-refractivity contribution >= 4 is 49.7 Å². The molecule has 7 heteroatoms. The predicted molar refractivity (Wildman–Crippen MR) is 159 cm³/mol. The fraction of sp³-hybridized carbons (Fsp3) is 0.758. The number of fused-ring (bicyclic) bond motifs is 1. The molecule has 1 aliphatic rings. The van der Waals surface area contributed by atoms with E-state index in [1.807, 2.05) is 13.8 Å². The van der Waals surface area contributed by atoms with Gasteiger partial charge in [-0.2, -0.15) is 0 Å². The van der Waals surface area contributed by atoms with Gasteiger partial charge in [0.1, 0.15) is 17.1 Å². The van der Waals surface area contributed by atoms with Crippen LogP contribution in [0.2, 0.25) is 0 Å². The first kappa shape index (κ1) is 39.0. The Morgan fingerprint density at radius 2 is 1.30 bits per heavy atom. The van der Waals surface area contributed by atoms with Crippen LogP contribution in [-0.4, -0.2) is 60.4 Å². The maximum atomic E-state index is 10.4. The third-order valence-electron chi connectivity index (χ3n) is 8.40. The summed E-state index contributed by atoms with van der Waals surface area (Å²) in [7, 11) is 0. The summed E-state index contributed by atoms with van der Waals surface area (Å²) < 4.78 is 6.60. The van der Waals surface area contributed by atoms with Gasteiger partial charge in [0, 0.05) is 17.5 Å². The van der Waals surface area contributed by atoms with Crippen molar-refractivity contribution in [3.8, 4) is 11.5 Å². The predicted octanol–water partition coefficient (Wildman–Crippen LogP) is 5.73. The number of benzene rings is 1. The maximum Gasteiger partial charge on any atom is 2.00 e. The fourth-order valence-corrected chi connectivity index (χ4v) is 5.48. The van der Waals surface area contributed by atoms with Crippen LogP contribution in [0.3, 0.4) is 0 Å². The first-order valence-electron chi connectivity index (χ1n) is 15.1. The van der Waals surface area contributed by atoms with Crippen LogP contribution in [-0.2, 0) is 16.0 Å². The van der Waals surface area contributed by atoms with Crippen LogP contribution in [0.4, 0.5) is 0 Å². The van der Waals surface area contributed by atoms with E-state index in [1.54, 1.807) is 0 Å². The molecule has 0 spiro atoms. The number of carbonyl (C=O) groups is 2. The quantitative estimate of drug-likeness (QED) is 0.263.